The number of hydrogen-bond acceptors (Lipinski definition) is 6. The number of amides is 3. The quantitative estimate of drug-likeness (QED) is 0.225. The van der Waals surface area contributed by atoms with Crippen LogP contribution in [0.5, 0.6) is 0 Å². The van der Waals surface area contributed by atoms with Crippen molar-refractivity contribution in [3.63, 3.8) is 0 Å². The van der Waals surface area contributed by atoms with E-state index >= 15 is 0 Å². The molecule has 0 aliphatic rings. The minimum atomic E-state index is -1.64. The third-order valence-electron chi connectivity index (χ3n) is 5.86. The first-order chi connectivity index (χ1) is 17.0. The van der Waals surface area contributed by atoms with E-state index in [1.807, 2.05) is 74.5 Å². The van der Waals surface area contributed by atoms with Crippen molar-refractivity contribution < 1.29 is 29.4 Å². The van der Waals surface area contributed by atoms with E-state index in [1.54, 1.807) is 0 Å². The second-order valence-corrected chi connectivity index (χ2v) is 9.73. The largest absolute Gasteiger partial charge is 0.388 e. The van der Waals surface area contributed by atoms with Crippen LogP contribution in [0.4, 0.5) is 0 Å². The van der Waals surface area contributed by atoms with Crippen LogP contribution < -0.4 is 16.1 Å². The Balaban J connectivity index is 2.36. The number of carbonyl (C=O) groups excluding carboxylic acids is 3. The van der Waals surface area contributed by atoms with E-state index in [9.17, 15) is 19.5 Å². The van der Waals surface area contributed by atoms with Crippen molar-refractivity contribution in [3.05, 3.63) is 71.8 Å². The molecule has 36 heavy (non-hydrogen) atoms. The predicted octanol–water partition coefficient (Wildman–Crippen LogP) is 2.33. The number of hydroxylamine groups is 1. The average molecular weight is 500 g/mol. The molecule has 3 amide bonds. The van der Waals surface area contributed by atoms with Gasteiger partial charge in [-0.2, -0.15) is 0 Å². The third-order valence-corrected chi connectivity index (χ3v) is 5.86. The van der Waals surface area contributed by atoms with Crippen molar-refractivity contribution in [2.24, 2.45) is 11.8 Å². The van der Waals surface area contributed by atoms with Gasteiger partial charge in [-0.15, -0.1) is 0 Å². The molecule has 9 heteroatoms. The summed E-state index contributed by atoms with van der Waals surface area (Å²) in [6.07, 6.45) is -1.04. The minimum absolute atomic E-state index is 0.000141. The summed E-state index contributed by atoms with van der Waals surface area (Å²) in [5, 5.41) is 25.5. The van der Waals surface area contributed by atoms with Crippen molar-refractivity contribution in [3.8, 4) is 0 Å². The smallest absolute Gasteiger partial charge is 0.273 e. The zero-order chi connectivity index (χ0) is 26.9. The summed E-state index contributed by atoms with van der Waals surface area (Å²) >= 11 is 0. The number of ether oxygens (including phenoxy) is 1. The van der Waals surface area contributed by atoms with Gasteiger partial charge in [0.25, 0.3) is 5.91 Å². The summed E-state index contributed by atoms with van der Waals surface area (Å²) in [4.78, 5) is 39.0. The van der Waals surface area contributed by atoms with Gasteiger partial charge in [-0.05, 0) is 37.3 Å². The van der Waals surface area contributed by atoms with Crippen LogP contribution >= 0.6 is 0 Å². The van der Waals surface area contributed by atoms with E-state index < -0.39 is 47.4 Å². The van der Waals surface area contributed by atoms with Crippen molar-refractivity contribution in [2.45, 2.75) is 57.9 Å². The molecule has 0 aliphatic heterocycles. The van der Waals surface area contributed by atoms with Crippen molar-refractivity contribution in [2.75, 3.05) is 7.11 Å². The van der Waals surface area contributed by atoms with Crippen LogP contribution in [0.1, 0.15) is 51.3 Å². The van der Waals surface area contributed by atoms with Gasteiger partial charge in [0.2, 0.25) is 11.8 Å². The Labute approximate surface area is 212 Å². The molecule has 0 fully saturated rings. The van der Waals surface area contributed by atoms with Gasteiger partial charge >= 0.3 is 0 Å². The van der Waals surface area contributed by atoms with Crippen molar-refractivity contribution >= 4 is 17.7 Å². The van der Waals surface area contributed by atoms with Crippen LogP contribution in [0.2, 0.25) is 0 Å². The van der Waals surface area contributed by atoms with Crippen LogP contribution in [0.15, 0.2) is 60.7 Å². The molecule has 0 aliphatic carbocycles. The summed E-state index contributed by atoms with van der Waals surface area (Å²) in [6.45, 7) is 6.58. The zero-order valence-corrected chi connectivity index (χ0v) is 21.4. The Morgan fingerprint density at radius 2 is 1.36 bits per heavy atom. The Hall–Kier alpha value is -3.27. The van der Waals surface area contributed by atoms with E-state index in [0.29, 0.717) is 0 Å². The van der Waals surface area contributed by atoms with Crippen LogP contribution in [-0.4, -0.2) is 52.9 Å². The Kier molecular flexibility index (Phi) is 10.6. The van der Waals surface area contributed by atoms with Gasteiger partial charge < -0.3 is 20.5 Å². The molecule has 9 nitrogen and oxygen atoms in total. The maximum Gasteiger partial charge on any atom is 0.273 e. The number of carbonyl (C=O) groups is 3. The first-order valence-corrected chi connectivity index (χ1v) is 11.9. The highest BCUT2D eigenvalue weighted by atomic mass is 16.5. The summed E-state index contributed by atoms with van der Waals surface area (Å²) in [6, 6.07) is 16.8. The Morgan fingerprint density at radius 1 is 0.861 bits per heavy atom. The topological polar surface area (TPSA) is 137 Å². The molecule has 0 radical (unpaired) electrons. The molecule has 0 aromatic heterocycles. The van der Waals surface area contributed by atoms with Crippen molar-refractivity contribution in [1.82, 2.24) is 16.1 Å². The number of aliphatic hydroxyl groups is 1. The maximum absolute atomic E-state index is 13.5. The molecule has 0 unspecified atom stereocenters. The summed E-state index contributed by atoms with van der Waals surface area (Å²) < 4.78 is 5.20. The molecular formula is C27H37N3O6. The summed E-state index contributed by atoms with van der Waals surface area (Å²) in [5.41, 5.74) is 1.54. The van der Waals surface area contributed by atoms with E-state index in [1.165, 1.54) is 26.4 Å². The molecule has 2 aromatic carbocycles. The Bertz CT molecular complexity index is 952. The molecule has 2 aromatic rings. The lowest BCUT2D eigenvalue weighted by molar-refractivity contribution is -0.150. The van der Waals surface area contributed by atoms with Gasteiger partial charge in [-0.25, -0.2) is 5.48 Å². The fourth-order valence-electron chi connectivity index (χ4n) is 4.08. The van der Waals surface area contributed by atoms with E-state index in [0.717, 1.165) is 11.1 Å². The van der Waals surface area contributed by atoms with Crippen LogP contribution in [0.25, 0.3) is 0 Å². The van der Waals surface area contributed by atoms with Gasteiger partial charge in [-0.3, -0.25) is 19.6 Å². The lowest BCUT2D eigenvalue weighted by atomic mass is 9.89. The molecule has 0 heterocycles. The first kappa shape index (κ1) is 29.0. The molecule has 2 rings (SSSR count). The minimum Gasteiger partial charge on any atom is -0.388 e. The lowest BCUT2D eigenvalue weighted by Crippen LogP contribution is -2.60. The van der Waals surface area contributed by atoms with E-state index in [4.69, 9.17) is 9.94 Å². The highest BCUT2D eigenvalue weighted by Crippen LogP contribution is 2.24. The molecule has 0 bridgehead atoms. The van der Waals surface area contributed by atoms with Crippen LogP contribution in [-0.2, 0) is 19.1 Å². The highest BCUT2D eigenvalue weighted by Gasteiger charge is 2.40. The highest BCUT2D eigenvalue weighted by molar-refractivity contribution is 5.93. The molecule has 0 saturated heterocycles. The molecule has 5 N–H and O–H groups in total. The number of rotatable bonds is 12. The van der Waals surface area contributed by atoms with Gasteiger partial charge in [-0.1, -0.05) is 74.5 Å². The normalized spacial score (nSPS) is 14.1. The zero-order valence-electron chi connectivity index (χ0n) is 21.4. The predicted molar refractivity (Wildman–Crippen MR) is 135 cm³/mol. The molecular weight excluding hydrogens is 462 g/mol. The lowest BCUT2D eigenvalue weighted by Gasteiger charge is -2.33. The molecule has 0 spiro atoms. The number of benzene rings is 2. The molecule has 3 atom stereocenters. The fourth-order valence-corrected chi connectivity index (χ4v) is 4.08. The summed E-state index contributed by atoms with van der Waals surface area (Å²) in [7, 11) is 1.25. The SMILES string of the molecule is CO[C@H](C(=O)NO)[C@H](CC(C)C)C(=O)N[C@H](C(=O)NC(c1ccccc1)c1ccccc1)C(C)(C)O. The van der Waals surface area contributed by atoms with Crippen LogP contribution in [0, 0.1) is 11.8 Å². The van der Waals surface area contributed by atoms with E-state index in [-0.39, 0.29) is 12.3 Å². The van der Waals surface area contributed by atoms with Gasteiger partial charge in [0.15, 0.2) is 0 Å². The number of hydrogen-bond donors (Lipinski definition) is 5. The third kappa shape index (κ3) is 7.87. The van der Waals surface area contributed by atoms with E-state index in [2.05, 4.69) is 10.6 Å². The first-order valence-electron chi connectivity index (χ1n) is 11.9. The maximum atomic E-state index is 13.5. The second-order valence-electron chi connectivity index (χ2n) is 9.73. The standard InChI is InChI=1S/C27H37N3O6/c1-17(2)16-20(22(36-5)25(32)30-35)24(31)29-23(27(3,4)34)26(33)28-21(18-12-8-6-9-13-18)19-14-10-7-11-15-19/h6-15,17,20-23,34-35H,16H2,1-5H3,(H,28,33)(H,29,31)(H,30,32)/t20-,22-,23+/m0/s1. The molecule has 196 valence electrons. The van der Waals surface area contributed by atoms with Gasteiger partial charge in [0.05, 0.1) is 17.6 Å². The van der Waals surface area contributed by atoms with Gasteiger partial charge in [0.1, 0.15) is 12.1 Å². The summed E-state index contributed by atoms with van der Waals surface area (Å²) in [5.74, 6) is -3.15. The fraction of sp³-hybridized carbons (Fsp3) is 0.444. The number of nitrogens with one attached hydrogen (secondary N) is 3. The number of methoxy groups -OCH3 is 1. The average Bonchev–Trinajstić information content (AvgIpc) is 2.85. The second kappa shape index (κ2) is 13.2. The van der Waals surface area contributed by atoms with Crippen LogP contribution in [0.3, 0.4) is 0 Å². The van der Waals surface area contributed by atoms with Gasteiger partial charge in [0, 0.05) is 7.11 Å². The molecule has 0 saturated carbocycles. The monoisotopic (exact) mass is 499 g/mol. The van der Waals surface area contributed by atoms with Crippen molar-refractivity contribution in [1.29, 1.82) is 0 Å². The Morgan fingerprint density at radius 3 is 1.75 bits per heavy atom.